The van der Waals surface area contributed by atoms with Gasteiger partial charge in [-0.3, -0.25) is 9.59 Å². The van der Waals surface area contributed by atoms with Crippen LogP contribution in [0, 0.1) is 0 Å². The van der Waals surface area contributed by atoms with Gasteiger partial charge >= 0.3 is 5.97 Å². The van der Waals surface area contributed by atoms with Crippen LogP contribution in [0.25, 0.3) is 0 Å². The van der Waals surface area contributed by atoms with Gasteiger partial charge in [-0.15, -0.1) is 0 Å². The second-order valence-corrected chi connectivity index (χ2v) is 4.30. The van der Waals surface area contributed by atoms with E-state index in [0.29, 0.717) is 18.0 Å². The Balaban J connectivity index is 2.46. The molecule has 0 unspecified atom stereocenters. The normalized spacial score (nSPS) is 9.70. The summed E-state index contributed by atoms with van der Waals surface area (Å²) in [4.78, 5) is 22.7. The molecule has 0 fully saturated rings. The van der Waals surface area contributed by atoms with Gasteiger partial charge in [-0.05, 0) is 43.7 Å². The lowest BCUT2D eigenvalue weighted by Gasteiger charge is -2.08. The molecule has 0 aliphatic rings. The predicted molar refractivity (Wildman–Crippen MR) is 76.6 cm³/mol. The van der Waals surface area contributed by atoms with E-state index >= 15 is 0 Å². The van der Waals surface area contributed by atoms with E-state index < -0.39 is 11.9 Å². The first-order valence-corrected chi connectivity index (χ1v) is 6.34. The average Bonchev–Trinajstić information content (AvgIpc) is 2.37. The third-order valence-electron chi connectivity index (χ3n) is 2.23. The van der Waals surface area contributed by atoms with Crippen LogP contribution in [0.5, 0.6) is 5.75 Å². The molecule has 0 aromatic heterocycles. The number of hydrogen-bond donors (Lipinski definition) is 1. The Morgan fingerprint density at radius 2 is 1.90 bits per heavy atom. The van der Waals surface area contributed by atoms with Crippen LogP contribution in [-0.4, -0.2) is 25.1 Å². The van der Waals surface area contributed by atoms with Crippen molar-refractivity contribution in [1.29, 1.82) is 0 Å². The second kappa shape index (κ2) is 7.99. The van der Waals surface area contributed by atoms with Gasteiger partial charge in [0.1, 0.15) is 18.8 Å². The Morgan fingerprint density at radius 3 is 2.45 bits per heavy atom. The Kier molecular flexibility index (Phi) is 6.29. The monoisotopic (exact) mass is 277 g/mol. The van der Waals surface area contributed by atoms with E-state index in [1.807, 2.05) is 6.92 Å². The van der Waals surface area contributed by atoms with E-state index in [1.54, 1.807) is 31.2 Å². The maximum absolute atomic E-state index is 11.5. The van der Waals surface area contributed by atoms with Gasteiger partial charge < -0.3 is 14.8 Å². The van der Waals surface area contributed by atoms with Gasteiger partial charge in [0, 0.05) is 5.69 Å². The Labute approximate surface area is 118 Å². The largest absolute Gasteiger partial charge is 0.489 e. The van der Waals surface area contributed by atoms with Crippen LogP contribution in [0.4, 0.5) is 5.69 Å². The van der Waals surface area contributed by atoms with Crippen LogP contribution in [0.15, 0.2) is 36.4 Å². The van der Waals surface area contributed by atoms with Crippen molar-refractivity contribution in [3.63, 3.8) is 0 Å². The smallest absolute Gasteiger partial charge is 0.315 e. The molecule has 0 radical (unpaired) electrons. The van der Waals surface area contributed by atoms with Crippen LogP contribution < -0.4 is 10.1 Å². The molecule has 1 rings (SSSR count). The second-order valence-electron chi connectivity index (χ2n) is 4.30. The van der Waals surface area contributed by atoms with Crippen molar-refractivity contribution in [2.75, 3.05) is 18.5 Å². The molecule has 20 heavy (non-hydrogen) atoms. The molecule has 1 amide bonds. The van der Waals surface area contributed by atoms with Crippen LogP contribution >= 0.6 is 0 Å². The summed E-state index contributed by atoms with van der Waals surface area (Å²) in [6.07, 6.45) is -0.290. The van der Waals surface area contributed by atoms with Gasteiger partial charge in [-0.2, -0.15) is 0 Å². The summed E-state index contributed by atoms with van der Waals surface area (Å²) in [5, 5.41) is 2.61. The van der Waals surface area contributed by atoms with E-state index in [4.69, 9.17) is 9.47 Å². The number of nitrogens with one attached hydrogen (secondary N) is 1. The molecule has 0 aliphatic heterocycles. The Hall–Kier alpha value is -2.30. The van der Waals surface area contributed by atoms with Gasteiger partial charge in [0.25, 0.3) is 0 Å². The van der Waals surface area contributed by atoms with Crippen molar-refractivity contribution < 1.29 is 19.1 Å². The Morgan fingerprint density at radius 1 is 1.25 bits per heavy atom. The molecule has 0 bridgehead atoms. The minimum absolute atomic E-state index is 0.265. The van der Waals surface area contributed by atoms with Gasteiger partial charge in [0.15, 0.2) is 0 Å². The van der Waals surface area contributed by atoms with Crippen molar-refractivity contribution >= 4 is 17.6 Å². The lowest BCUT2D eigenvalue weighted by Crippen LogP contribution is -2.18. The molecule has 5 nitrogen and oxygen atoms in total. The van der Waals surface area contributed by atoms with E-state index in [1.165, 1.54) is 0 Å². The lowest BCUT2D eigenvalue weighted by atomic mass is 10.3. The van der Waals surface area contributed by atoms with Gasteiger partial charge in [0.05, 0.1) is 6.61 Å². The first kappa shape index (κ1) is 15.8. The first-order chi connectivity index (χ1) is 9.51. The number of benzene rings is 1. The summed E-state index contributed by atoms with van der Waals surface area (Å²) < 4.78 is 10.1. The summed E-state index contributed by atoms with van der Waals surface area (Å²) in [6, 6.07) is 6.89. The summed E-state index contributed by atoms with van der Waals surface area (Å²) in [7, 11) is 0. The number of rotatable bonds is 7. The zero-order valence-electron chi connectivity index (χ0n) is 11.8. The number of amides is 1. The van der Waals surface area contributed by atoms with Crippen molar-refractivity contribution in [3.8, 4) is 5.75 Å². The minimum atomic E-state index is -0.536. The van der Waals surface area contributed by atoms with Gasteiger partial charge in [-0.1, -0.05) is 6.58 Å². The fraction of sp³-hybridized carbons (Fsp3) is 0.333. The molecule has 0 spiro atoms. The van der Waals surface area contributed by atoms with E-state index in [-0.39, 0.29) is 13.0 Å². The summed E-state index contributed by atoms with van der Waals surface area (Å²) in [5.74, 6) is -0.248. The van der Waals surface area contributed by atoms with Crippen LogP contribution in [0.2, 0.25) is 0 Å². The Bertz CT molecular complexity index is 479. The van der Waals surface area contributed by atoms with E-state index in [9.17, 15) is 9.59 Å². The molecule has 0 aliphatic carbocycles. The topological polar surface area (TPSA) is 64.6 Å². The average molecular weight is 277 g/mol. The number of esters is 1. The quantitative estimate of drug-likeness (QED) is 0.472. The molecule has 1 aromatic carbocycles. The fourth-order valence-corrected chi connectivity index (χ4v) is 1.39. The van der Waals surface area contributed by atoms with Gasteiger partial charge in [0.2, 0.25) is 5.91 Å². The first-order valence-electron chi connectivity index (χ1n) is 6.34. The number of carbonyl (C=O) groups is 2. The molecule has 1 aromatic rings. The highest BCUT2D eigenvalue weighted by Crippen LogP contribution is 2.16. The van der Waals surface area contributed by atoms with Crippen molar-refractivity contribution in [1.82, 2.24) is 0 Å². The molecular weight excluding hydrogens is 258 g/mol. The molecule has 0 saturated heterocycles. The standard InChI is InChI=1S/C15H19NO4/c1-4-19-15(18)9-14(17)16-12-5-7-13(8-6-12)20-10-11(2)3/h5-8H,2,4,9-10H2,1,3H3,(H,16,17). The minimum Gasteiger partial charge on any atom is -0.489 e. The van der Waals surface area contributed by atoms with Crippen molar-refractivity contribution in [2.24, 2.45) is 0 Å². The maximum Gasteiger partial charge on any atom is 0.315 e. The highest BCUT2D eigenvalue weighted by Gasteiger charge is 2.10. The number of carbonyl (C=O) groups excluding carboxylic acids is 2. The molecular formula is C15H19NO4. The summed E-state index contributed by atoms with van der Waals surface area (Å²) >= 11 is 0. The van der Waals surface area contributed by atoms with E-state index in [2.05, 4.69) is 11.9 Å². The van der Waals surface area contributed by atoms with Crippen LogP contribution in [0.1, 0.15) is 20.3 Å². The number of anilines is 1. The maximum atomic E-state index is 11.5. The highest BCUT2D eigenvalue weighted by atomic mass is 16.5. The van der Waals surface area contributed by atoms with Crippen LogP contribution in [-0.2, 0) is 14.3 Å². The summed E-state index contributed by atoms with van der Waals surface area (Å²) in [5.41, 5.74) is 1.53. The molecule has 1 N–H and O–H groups in total. The lowest BCUT2D eigenvalue weighted by molar-refractivity contribution is -0.145. The summed E-state index contributed by atoms with van der Waals surface area (Å²) in [6.45, 7) is 8.03. The zero-order valence-corrected chi connectivity index (χ0v) is 11.8. The van der Waals surface area contributed by atoms with Crippen molar-refractivity contribution in [2.45, 2.75) is 20.3 Å². The van der Waals surface area contributed by atoms with Crippen molar-refractivity contribution in [3.05, 3.63) is 36.4 Å². The van der Waals surface area contributed by atoms with Crippen LogP contribution in [0.3, 0.4) is 0 Å². The molecule has 0 saturated carbocycles. The SMILES string of the molecule is C=C(C)COc1ccc(NC(=O)CC(=O)OCC)cc1. The predicted octanol–water partition coefficient (Wildman–Crippen LogP) is 2.53. The molecule has 5 heteroatoms. The molecule has 0 heterocycles. The van der Waals surface area contributed by atoms with E-state index in [0.717, 1.165) is 5.57 Å². The third kappa shape index (κ3) is 6.04. The number of ether oxygens (including phenoxy) is 2. The molecule has 108 valence electrons. The zero-order chi connectivity index (χ0) is 15.0. The number of hydrogen-bond acceptors (Lipinski definition) is 4. The third-order valence-corrected chi connectivity index (χ3v) is 2.23. The highest BCUT2D eigenvalue weighted by molar-refractivity contribution is 6.01. The molecule has 0 atom stereocenters. The van der Waals surface area contributed by atoms with Gasteiger partial charge in [-0.25, -0.2) is 0 Å². The fourth-order valence-electron chi connectivity index (χ4n) is 1.39.